The molecule has 1 saturated carbocycles. The van der Waals surface area contributed by atoms with Gasteiger partial charge in [0.1, 0.15) is 17.9 Å². The third kappa shape index (κ3) is 8.14. The molecule has 1 aliphatic carbocycles. The molecule has 0 spiro atoms. The van der Waals surface area contributed by atoms with E-state index in [0.717, 1.165) is 62.8 Å². The number of methoxy groups -OCH3 is 1. The molecule has 1 aliphatic heterocycles. The van der Waals surface area contributed by atoms with Crippen molar-refractivity contribution < 1.29 is 23.9 Å². The Bertz CT molecular complexity index is 1440. The van der Waals surface area contributed by atoms with Gasteiger partial charge in [0, 0.05) is 30.0 Å². The van der Waals surface area contributed by atoms with E-state index in [4.69, 9.17) is 14.5 Å². The first kappa shape index (κ1) is 31.4. The first-order chi connectivity index (χ1) is 21.4. The van der Waals surface area contributed by atoms with Crippen LogP contribution in [-0.2, 0) is 14.3 Å². The number of ether oxygens (including phenoxy) is 2. The smallest absolute Gasteiger partial charge is 0.306 e. The van der Waals surface area contributed by atoms with E-state index in [9.17, 15) is 14.4 Å². The molecule has 1 saturated heterocycles. The summed E-state index contributed by atoms with van der Waals surface area (Å²) in [5, 5.41) is 6.65. The van der Waals surface area contributed by atoms with Crippen molar-refractivity contribution >= 4 is 28.7 Å². The predicted octanol–water partition coefficient (Wildman–Crippen LogP) is 5.27. The normalized spacial score (nSPS) is 18.1. The molecule has 2 aliphatic rings. The summed E-state index contributed by atoms with van der Waals surface area (Å²) < 4.78 is 11.0. The van der Waals surface area contributed by atoms with Crippen LogP contribution in [0.2, 0.25) is 0 Å². The number of para-hydroxylation sites is 1. The van der Waals surface area contributed by atoms with Crippen LogP contribution in [0.1, 0.15) is 74.6 Å². The van der Waals surface area contributed by atoms with E-state index in [2.05, 4.69) is 22.6 Å². The molecular formula is C35H44N4O5. The van der Waals surface area contributed by atoms with Crippen LogP contribution in [0.4, 0.5) is 0 Å². The maximum atomic E-state index is 13.9. The van der Waals surface area contributed by atoms with E-state index in [0.29, 0.717) is 34.7 Å². The van der Waals surface area contributed by atoms with Crippen molar-refractivity contribution in [3.8, 4) is 17.0 Å². The molecule has 3 aromatic rings. The molecule has 234 valence electrons. The van der Waals surface area contributed by atoms with Crippen LogP contribution in [0.5, 0.6) is 5.75 Å². The summed E-state index contributed by atoms with van der Waals surface area (Å²) in [5.74, 6) is -0.288. The predicted molar refractivity (Wildman–Crippen MR) is 170 cm³/mol. The average Bonchev–Trinajstić information content (AvgIpc) is 3.46. The number of fused-ring (bicyclic) bond motifs is 1. The highest BCUT2D eigenvalue weighted by Gasteiger charge is 2.26. The zero-order valence-corrected chi connectivity index (χ0v) is 25.8. The molecule has 2 fully saturated rings. The molecule has 2 N–H and O–H groups in total. The van der Waals surface area contributed by atoms with E-state index >= 15 is 0 Å². The molecule has 44 heavy (non-hydrogen) atoms. The van der Waals surface area contributed by atoms with Gasteiger partial charge in [0.05, 0.1) is 23.9 Å². The lowest BCUT2D eigenvalue weighted by molar-refractivity contribution is -0.150. The van der Waals surface area contributed by atoms with Crippen LogP contribution in [0.25, 0.3) is 22.2 Å². The van der Waals surface area contributed by atoms with E-state index < -0.39 is 11.9 Å². The molecule has 2 atom stereocenters. The molecule has 2 heterocycles. The summed E-state index contributed by atoms with van der Waals surface area (Å²) in [6.07, 6.45) is 8.33. The van der Waals surface area contributed by atoms with Crippen molar-refractivity contribution in [2.75, 3.05) is 27.2 Å². The fourth-order valence-electron chi connectivity index (χ4n) is 6.30. The quantitative estimate of drug-likeness (QED) is 0.273. The number of esters is 1. The number of hydrogen-bond donors (Lipinski definition) is 2. The average molecular weight is 601 g/mol. The number of rotatable bonds is 12. The van der Waals surface area contributed by atoms with Crippen molar-refractivity contribution in [1.29, 1.82) is 0 Å². The number of carbonyl (C=O) groups is 3. The minimum atomic E-state index is -0.890. The zero-order chi connectivity index (χ0) is 30.9. The lowest BCUT2D eigenvalue weighted by Gasteiger charge is -2.23. The van der Waals surface area contributed by atoms with E-state index in [-0.39, 0.29) is 30.8 Å². The largest absolute Gasteiger partial charge is 0.497 e. The van der Waals surface area contributed by atoms with Gasteiger partial charge in [0.25, 0.3) is 5.91 Å². The standard InChI is InChI=1S/C35H44N4O5/c1-39-22-8-9-25(39)20-21-36-35(42)31(18-19-33(40)44-27-10-4-3-5-11-27)38-34(41)29-23-32(24-14-16-26(43-2)17-15-24)37-30-13-7-6-12-28(29)30/h6-7,12-17,23,25,27,31H,3-5,8-11,18-22H2,1-2H3,(H,36,42)(H,38,41). The first-order valence-corrected chi connectivity index (χ1v) is 15.9. The molecule has 0 radical (unpaired) electrons. The number of benzene rings is 2. The number of carbonyl (C=O) groups excluding carboxylic acids is 3. The Morgan fingerprint density at radius 2 is 1.77 bits per heavy atom. The summed E-state index contributed by atoms with van der Waals surface area (Å²) in [4.78, 5) is 47.2. The number of likely N-dealkylation sites (tertiary alicyclic amines) is 1. The maximum Gasteiger partial charge on any atom is 0.306 e. The Hall–Kier alpha value is -3.98. The highest BCUT2D eigenvalue weighted by Crippen LogP contribution is 2.27. The minimum absolute atomic E-state index is 0.0500. The monoisotopic (exact) mass is 600 g/mol. The van der Waals surface area contributed by atoms with Crippen LogP contribution in [-0.4, -0.2) is 73.1 Å². The van der Waals surface area contributed by atoms with Gasteiger partial charge < -0.3 is 25.0 Å². The number of nitrogens with one attached hydrogen (secondary N) is 2. The van der Waals surface area contributed by atoms with E-state index in [1.807, 2.05) is 48.5 Å². The van der Waals surface area contributed by atoms with Crippen molar-refractivity contribution in [3.05, 3.63) is 60.2 Å². The van der Waals surface area contributed by atoms with Crippen LogP contribution in [0.15, 0.2) is 54.6 Å². The van der Waals surface area contributed by atoms with Crippen molar-refractivity contribution in [2.24, 2.45) is 0 Å². The lowest BCUT2D eigenvalue weighted by Crippen LogP contribution is -2.47. The summed E-state index contributed by atoms with van der Waals surface area (Å²) in [7, 11) is 3.72. The SMILES string of the molecule is COc1ccc(-c2cc(C(=O)NC(CCC(=O)OC3CCCCC3)C(=O)NCCC3CCCN3C)c3ccccc3n2)cc1. The Kier molecular flexibility index (Phi) is 10.8. The molecule has 2 aromatic carbocycles. The number of pyridine rings is 1. The van der Waals surface area contributed by atoms with Crippen LogP contribution < -0.4 is 15.4 Å². The Morgan fingerprint density at radius 3 is 2.50 bits per heavy atom. The van der Waals surface area contributed by atoms with Gasteiger partial charge >= 0.3 is 5.97 Å². The molecule has 2 amide bonds. The summed E-state index contributed by atoms with van der Waals surface area (Å²) in [6.45, 7) is 1.57. The fourth-order valence-corrected chi connectivity index (χ4v) is 6.30. The van der Waals surface area contributed by atoms with Gasteiger partial charge in [-0.15, -0.1) is 0 Å². The second kappa shape index (κ2) is 15.1. The molecule has 5 rings (SSSR count). The van der Waals surface area contributed by atoms with E-state index in [1.165, 1.54) is 6.42 Å². The number of hydrogen-bond acceptors (Lipinski definition) is 7. The minimum Gasteiger partial charge on any atom is -0.497 e. The Labute approximate surface area is 259 Å². The van der Waals surface area contributed by atoms with Gasteiger partial charge in [-0.05, 0) is 101 Å². The van der Waals surface area contributed by atoms with Gasteiger partial charge in [0.15, 0.2) is 0 Å². The molecule has 9 nitrogen and oxygen atoms in total. The third-order valence-corrected chi connectivity index (χ3v) is 8.90. The number of amides is 2. The highest BCUT2D eigenvalue weighted by molar-refractivity contribution is 6.08. The Morgan fingerprint density at radius 1 is 1.00 bits per heavy atom. The molecular weight excluding hydrogens is 556 g/mol. The summed E-state index contributed by atoms with van der Waals surface area (Å²) in [6, 6.07) is 16.2. The molecule has 2 unspecified atom stereocenters. The van der Waals surface area contributed by atoms with Crippen LogP contribution in [0.3, 0.4) is 0 Å². The van der Waals surface area contributed by atoms with Gasteiger partial charge in [-0.1, -0.05) is 24.6 Å². The van der Waals surface area contributed by atoms with Gasteiger partial charge in [-0.25, -0.2) is 4.98 Å². The van der Waals surface area contributed by atoms with Crippen molar-refractivity contribution in [1.82, 2.24) is 20.5 Å². The summed E-state index contributed by atoms with van der Waals surface area (Å²) >= 11 is 0. The van der Waals surface area contributed by atoms with Crippen molar-refractivity contribution in [2.45, 2.75) is 82.4 Å². The summed E-state index contributed by atoms with van der Waals surface area (Å²) in [5.41, 5.74) is 2.55. The van der Waals surface area contributed by atoms with Gasteiger partial charge in [0.2, 0.25) is 5.91 Å². The molecule has 9 heteroatoms. The zero-order valence-electron chi connectivity index (χ0n) is 25.8. The maximum absolute atomic E-state index is 13.9. The highest BCUT2D eigenvalue weighted by atomic mass is 16.5. The van der Waals surface area contributed by atoms with Crippen molar-refractivity contribution in [3.63, 3.8) is 0 Å². The second-order valence-corrected chi connectivity index (χ2v) is 12.0. The van der Waals surface area contributed by atoms with Gasteiger partial charge in [-0.3, -0.25) is 14.4 Å². The first-order valence-electron chi connectivity index (χ1n) is 15.9. The topological polar surface area (TPSA) is 110 Å². The molecule has 1 aromatic heterocycles. The molecule has 0 bridgehead atoms. The second-order valence-electron chi connectivity index (χ2n) is 12.0. The third-order valence-electron chi connectivity index (χ3n) is 8.90. The fraction of sp³-hybridized carbons (Fsp3) is 0.486. The Balaban J connectivity index is 1.33. The number of aromatic nitrogens is 1. The van der Waals surface area contributed by atoms with Crippen LogP contribution in [0, 0.1) is 0 Å². The lowest BCUT2D eigenvalue weighted by atomic mass is 9.98. The van der Waals surface area contributed by atoms with Crippen LogP contribution >= 0.6 is 0 Å². The number of nitrogens with zero attached hydrogens (tertiary/aromatic N) is 2. The van der Waals surface area contributed by atoms with Gasteiger partial charge in [-0.2, -0.15) is 0 Å². The van der Waals surface area contributed by atoms with E-state index in [1.54, 1.807) is 13.2 Å².